The van der Waals surface area contributed by atoms with Crippen LogP contribution in [0.1, 0.15) is 22.0 Å². The van der Waals surface area contributed by atoms with Crippen molar-refractivity contribution in [3.8, 4) is 0 Å². The Morgan fingerprint density at radius 3 is 2.91 bits per heavy atom. The number of aryl methyl sites for hydroxylation is 1. The molecule has 0 aliphatic carbocycles. The monoisotopic (exact) mass is 339 g/mol. The van der Waals surface area contributed by atoms with Crippen molar-refractivity contribution in [1.82, 2.24) is 19.7 Å². The van der Waals surface area contributed by atoms with Crippen LogP contribution in [0.2, 0.25) is 5.02 Å². The number of nitrogens with zero attached hydrogens (tertiary/aromatic N) is 4. The lowest BCUT2D eigenvalue weighted by molar-refractivity contribution is -0.116. The maximum Gasteiger partial charge on any atom is 0.247 e. The molecule has 0 unspecified atom stereocenters. The summed E-state index contributed by atoms with van der Waals surface area (Å²) in [6, 6.07) is 0. The minimum absolute atomic E-state index is 0.137. The summed E-state index contributed by atoms with van der Waals surface area (Å²) in [7, 11) is 2.09. The lowest BCUT2D eigenvalue weighted by Crippen LogP contribution is -2.25. The van der Waals surface area contributed by atoms with Crippen LogP contribution in [0, 0.1) is 13.8 Å². The Balaban J connectivity index is 1.68. The molecule has 2 aromatic rings. The van der Waals surface area contributed by atoms with E-state index in [9.17, 15) is 4.79 Å². The highest BCUT2D eigenvalue weighted by Gasteiger charge is 2.19. The molecule has 0 fully saturated rings. The van der Waals surface area contributed by atoms with Crippen LogP contribution in [-0.2, 0) is 24.3 Å². The number of hydrogen-bond acceptors (Lipinski definition) is 5. The molecule has 0 aromatic carbocycles. The molecule has 3 rings (SSSR count). The third-order valence-corrected chi connectivity index (χ3v) is 5.30. The fourth-order valence-electron chi connectivity index (χ4n) is 2.50. The van der Waals surface area contributed by atoms with Gasteiger partial charge < -0.3 is 10.2 Å². The Bertz CT molecular complexity index is 723. The summed E-state index contributed by atoms with van der Waals surface area (Å²) in [5.74, 6) is -0.137. The third-order valence-electron chi connectivity index (χ3n) is 3.76. The molecule has 6 nitrogen and oxygen atoms in total. The van der Waals surface area contributed by atoms with E-state index >= 15 is 0 Å². The van der Waals surface area contributed by atoms with Gasteiger partial charge in [-0.1, -0.05) is 11.6 Å². The van der Waals surface area contributed by atoms with E-state index in [1.54, 1.807) is 16.0 Å². The Hall–Kier alpha value is -1.44. The summed E-state index contributed by atoms with van der Waals surface area (Å²) in [5.41, 5.74) is 2.64. The summed E-state index contributed by atoms with van der Waals surface area (Å²) < 4.78 is 1.62. The van der Waals surface area contributed by atoms with Gasteiger partial charge in [0.15, 0.2) is 5.13 Å². The molecule has 8 heteroatoms. The van der Waals surface area contributed by atoms with Crippen LogP contribution in [0.3, 0.4) is 0 Å². The quantitative estimate of drug-likeness (QED) is 0.931. The van der Waals surface area contributed by atoms with E-state index < -0.39 is 0 Å². The van der Waals surface area contributed by atoms with E-state index in [2.05, 4.69) is 27.3 Å². The summed E-state index contributed by atoms with van der Waals surface area (Å²) in [4.78, 5) is 20.2. The summed E-state index contributed by atoms with van der Waals surface area (Å²) in [5, 5.41) is 8.41. The molecule has 0 radical (unpaired) electrons. The van der Waals surface area contributed by atoms with E-state index in [0.717, 1.165) is 36.6 Å². The van der Waals surface area contributed by atoms with Crippen molar-refractivity contribution in [3.63, 3.8) is 0 Å². The van der Waals surface area contributed by atoms with Crippen LogP contribution in [0.4, 0.5) is 5.13 Å². The van der Waals surface area contributed by atoms with Gasteiger partial charge in [-0.05, 0) is 20.9 Å². The molecule has 1 N–H and O–H groups in total. The number of amides is 1. The van der Waals surface area contributed by atoms with Crippen LogP contribution in [-0.4, -0.2) is 39.2 Å². The smallest absolute Gasteiger partial charge is 0.247 e. The van der Waals surface area contributed by atoms with Crippen LogP contribution in [0.25, 0.3) is 0 Å². The van der Waals surface area contributed by atoms with Gasteiger partial charge in [0.2, 0.25) is 5.91 Å². The van der Waals surface area contributed by atoms with Gasteiger partial charge in [-0.2, -0.15) is 5.10 Å². The highest BCUT2D eigenvalue weighted by atomic mass is 35.5. The van der Waals surface area contributed by atoms with Gasteiger partial charge in [0, 0.05) is 24.4 Å². The number of carbonyl (C=O) groups is 1. The zero-order valence-electron chi connectivity index (χ0n) is 12.8. The number of likely N-dealkylation sites (N-methyl/N-ethyl adjacent to an activating group) is 1. The molecular formula is C14H18ClN5OS. The Labute approximate surface area is 138 Å². The molecule has 118 valence electrons. The Morgan fingerprint density at radius 2 is 2.23 bits per heavy atom. The van der Waals surface area contributed by atoms with Gasteiger partial charge in [-0.3, -0.25) is 9.48 Å². The fourth-order valence-corrected chi connectivity index (χ4v) is 3.74. The zero-order valence-corrected chi connectivity index (χ0v) is 14.4. The predicted octanol–water partition coefficient (Wildman–Crippen LogP) is 2.24. The van der Waals surface area contributed by atoms with Crippen LogP contribution in [0.5, 0.6) is 0 Å². The molecule has 22 heavy (non-hydrogen) atoms. The van der Waals surface area contributed by atoms with Crippen molar-refractivity contribution in [1.29, 1.82) is 0 Å². The maximum absolute atomic E-state index is 12.2. The van der Waals surface area contributed by atoms with Crippen molar-refractivity contribution in [2.75, 3.05) is 18.9 Å². The highest BCUT2D eigenvalue weighted by Crippen LogP contribution is 2.27. The summed E-state index contributed by atoms with van der Waals surface area (Å²) in [6.07, 6.45) is 0.936. The number of carbonyl (C=O) groups excluding carboxylic acids is 1. The standard InChI is InChI=1S/C14H18ClN5OS/c1-8-13(15)9(2)20(18-8)7-12(21)17-14-16-10-4-5-19(3)6-11(10)22-14/h4-7H2,1-3H3,(H,16,17,21). The van der Waals surface area contributed by atoms with E-state index in [0.29, 0.717) is 10.2 Å². The predicted molar refractivity (Wildman–Crippen MR) is 87.5 cm³/mol. The number of aromatic nitrogens is 3. The molecule has 2 aromatic heterocycles. The molecule has 0 atom stereocenters. The molecule has 1 amide bonds. The van der Waals surface area contributed by atoms with Gasteiger partial charge >= 0.3 is 0 Å². The first-order valence-electron chi connectivity index (χ1n) is 7.10. The zero-order chi connectivity index (χ0) is 15.9. The minimum Gasteiger partial charge on any atom is -0.301 e. The van der Waals surface area contributed by atoms with Crippen LogP contribution < -0.4 is 5.32 Å². The van der Waals surface area contributed by atoms with Gasteiger partial charge in [-0.25, -0.2) is 4.98 Å². The SMILES string of the molecule is Cc1nn(CC(=O)Nc2nc3c(s2)CN(C)CC3)c(C)c1Cl. The molecule has 3 heterocycles. The Kier molecular flexibility index (Phi) is 4.20. The first-order valence-corrected chi connectivity index (χ1v) is 8.30. The summed E-state index contributed by atoms with van der Waals surface area (Å²) in [6.45, 7) is 5.73. The summed E-state index contributed by atoms with van der Waals surface area (Å²) >= 11 is 7.64. The van der Waals surface area contributed by atoms with Gasteiger partial charge in [0.1, 0.15) is 6.54 Å². The molecular weight excluding hydrogens is 322 g/mol. The van der Waals surface area contributed by atoms with Crippen LogP contribution >= 0.6 is 22.9 Å². The topological polar surface area (TPSA) is 63.1 Å². The molecule has 1 aliphatic heterocycles. The van der Waals surface area contributed by atoms with Gasteiger partial charge in [0.25, 0.3) is 0 Å². The van der Waals surface area contributed by atoms with E-state index in [-0.39, 0.29) is 12.5 Å². The first-order chi connectivity index (χ1) is 10.4. The number of nitrogens with one attached hydrogen (secondary N) is 1. The second-order valence-corrected chi connectivity index (χ2v) is 7.03. The molecule has 1 aliphatic rings. The van der Waals surface area contributed by atoms with Crippen molar-refractivity contribution in [2.45, 2.75) is 33.4 Å². The van der Waals surface area contributed by atoms with Crippen molar-refractivity contribution < 1.29 is 4.79 Å². The van der Waals surface area contributed by atoms with E-state index in [1.807, 2.05) is 13.8 Å². The maximum atomic E-state index is 12.2. The third kappa shape index (κ3) is 3.02. The van der Waals surface area contributed by atoms with Crippen LogP contribution in [0.15, 0.2) is 0 Å². The number of hydrogen-bond donors (Lipinski definition) is 1. The molecule has 0 spiro atoms. The molecule has 0 saturated heterocycles. The van der Waals surface area contributed by atoms with E-state index in [1.165, 1.54) is 4.88 Å². The number of anilines is 1. The number of thiazole rings is 1. The molecule has 0 bridgehead atoms. The van der Waals surface area contributed by atoms with Crippen molar-refractivity contribution >= 4 is 34.0 Å². The number of halogens is 1. The van der Waals surface area contributed by atoms with Gasteiger partial charge in [0.05, 0.1) is 22.1 Å². The molecule has 0 saturated carbocycles. The van der Waals surface area contributed by atoms with E-state index in [4.69, 9.17) is 11.6 Å². The average Bonchev–Trinajstić information content (AvgIpc) is 2.95. The number of rotatable bonds is 3. The van der Waals surface area contributed by atoms with Gasteiger partial charge in [-0.15, -0.1) is 11.3 Å². The lowest BCUT2D eigenvalue weighted by atomic mass is 10.2. The second-order valence-electron chi connectivity index (χ2n) is 5.57. The lowest BCUT2D eigenvalue weighted by Gasteiger charge is -2.20. The fraction of sp³-hybridized carbons (Fsp3) is 0.500. The first kappa shape index (κ1) is 15.5. The second kappa shape index (κ2) is 5.98. The highest BCUT2D eigenvalue weighted by molar-refractivity contribution is 7.15. The Morgan fingerprint density at radius 1 is 1.45 bits per heavy atom. The minimum atomic E-state index is -0.137. The normalized spacial score (nSPS) is 14.9. The van der Waals surface area contributed by atoms with Crippen molar-refractivity contribution in [3.05, 3.63) is 27.0 Å². The van der Waals surface area contributed by atoms with Crippen molar-refractivity contribution in [2.24, 2.45) is 0 Å². The largest absolute Gasteiger partial charge is 0.301 e. The average molecular weight is 340 g/mol. The number of fused-ring (bicyclic) bond motifs is 1.